The molecule has 6 unspecified atom stereocenters. The van der Waals surface area contributed by atoms with Crippen LogP contribution in [0.5, 0.6) is 0 Å². The Hall–Kier alpha value is -0.0400. The molecular weight excluding hydrogens is 218 g/mol. The average Bonchev–Trinajstić information content (AvgIpc) is 2.82. The van der Waals surface area contributed by atoms with Gasteiger partial charge in [-0.15, -0.1) is 0 Å². The Kier molecular flexibility index (Phi) is 3.71. The van der Waals surface area contributed by atoms with Crippen LogP contribution in [0.25, 0.3) is 0 Å². The molecule has 0 heterocycles. The second-order valence-corrected chi connectivity index (χ2v) is 7.45. The van der Waals surface area contributed by atoms with Gasteiger partial charge < -0.3 is 5.32 Å². The average molecular weight is 249 g/mol. The summed E-state index contributed by atoms with van der Waals surface area (Å²) < 4.78 is 0. The summed E-state index contributed by atoms with van der Waals surface area (Å²) >= 11 is 0. The summed E-state index contributed by atoms with van der Waals surface area (Å²) in [6, 6.07) is 0.861. The highest BCUT2D eigenvalue weighted by Crippen LogP contribution is 2.60. The second-order valence-electron chi connectivity index (χ2n) is 7.45. The molecule has 0 radical (unpaired) electrons. The van der Waals surface area contributed by atoms with E-state index in [4.69, 9.17) is 0 Å². The van der Waals surface area contributed by atoms with Crippen molar-refractivity contribution in [3.63, 3.8) is 0 Å². The van der Waals surface area contributed by atoms with Crippen LogP contribution in [0.1, 0.15) is 59.3 Å². The first-order valence-corrected chi connectivity index (χ1v) is 8.45. The van der Waals surface area contributed by atoms with Crippen molar-refractivity contribution in [2.45, 2.75) is 65.3 Å². The topological polar surface area (TPSA) is 12.0 Å². The molecule has 0 aromatic rings. The van der Waals surface area contributed by atoms with Crippen molar-refractivity contribution in [3.05, 3.63) is 0 Å². The molecule has 3 rings (SSSR count). The van der Waals surface area contributed by atoms with Crippen LogP contribution in [-0.4, -0.2) is 12.6 Å². The van der Waals surface area contributed by atoms with E-state index in [0.29, 0.717) is 0 Å². The fourth-order valence-corrected chi connectivity index (χ4v) is 5.18. The van der Waals surface area contributed by atoms with Crippen molar-refractivity contribution in [1.29, 1.82) is 0 Å². The Morgan fingerprint density at radius 1 is 1.00 bits per heavy atom. The molecule has 0 aliphatic heterocycles. The molecule has 0 bridgehead atoms. The third-order valence-corrected chi connectivity index (χ3v) is 6.47. The van der Waals surface area contributed by atoms with Gasteiger partial charge in [0.05, 0.1) is 0 Å². The van der Waals surface area contributed by atoms with Crippen LogP contribution in [0.2, 0.25) is 0 Å². The first-order valence-electron chi connectivity index (χ1n) is 8.45. The maximum absolute atomic E-state index is 3.88. The molecule has 3 fully saturated rings. The minimum atomic E-state index is 0.861. The fraction of sp³-hybridized carbons (Fsp3) is 1.00. The minimum Gasteiger partial charge on any atom is -0.314 e. The molecule has 0 aromatic carbocycles. The van der Waals surface area contributed by atoms with Gasteiger partial charge in [-0.25, -0.2) is 0 Å². The van der Waals surface area contributed by atoms with Gasteiger partial charge in [0.2, 0.25) is 0 Å². The summed E-state index contributed by atoms with van der Waals surface area (Å²) in [6.07, 6.45) is 9.03. The molecule has 3 saturated carbocycles. The van der Waals surface area contributed by atoms with E-state index in [2.05, 4.69) is 26.1 Å². The molecule has 1 nitrogen and oxygen atoms in total. The van der Waals surface area contributed by atoms with E-state index >= 15 is 0 Å². The van der Waals surface area contributed by atoms with E-state index in [1.54, 1.807) is 0 Å². The van der Waals surface area contributed by atoms with Crippen LogP contribution in [0.3, 0.4) is 0 Å². The van der Waals surface area contributed by atoms with Crippen molar-refractivity contribution in [2.75, 3.05) is 6.54 Å². The predicted molar refractivity (Wildman–Crippen MR) is 77.5 cm³/mol. The zero-order valence-corrected chi connectivity index (χ0v) is 12.5. The normalized spacial score (nSPS) is 48.8. The van der Waals surface area contributed by atoms with Gasteiger partial charge in [0, 0.05) is 6.04 Å². The number of hydrogen-bond donors (Lipinski definition) is 1. The number of nitrogens with one attached hydrogen (secondary N) is 1. The largest absolute Gasteiger partial charge is 0.314 e. The molecule has 18 heavy (non-hydrogen) atoms. The summed E-state index contributed by atoms with van der Waals surface area (Å²) in [5.74, 6) is 6.18. The molecule has 0 amide bonds. The SMILES string of the molecule is CCNC(C1CCC(C)C(C)C1)C1C2CCCC21. The standard InChI is InChI=1S/C17H31N/c1-4-18-17(16-14-6-5-7-15(14)16)13-9-8-11(2)12(3)10-13/h11-18H,4-10H2,1-3H3. The maximum Gasteiger partial charge on any atom is 0.0129 e. The lowest BCUT2D eigenvalue weighted by atomic mass is 9.72. The molecule has 6 atom stereocenters. The minimum absolute atomic E-state index is 0.861. The van der Waals surface area contributed by atoms with E-state index in [-0.39, 0.29) is 0 Å². The molecule has 1 N–H and O–H groups in total. The highest BCUT2D eigenvalue weighted by atomic mass is 14.9. The summed E-state index contributed by atoms with van der Waals surface area (Å²) in [6.45, 7) is 8.39. The van der Waals surface area contributed by atoms with Crippen LogP contribution in [0.4, 0.5) is 0 Å². The molecule has 1 heteroatoms. The summed E-state index contributed by atoms with van der Waals surface area (Å²) in [5, 5.41) is 3.88. The summed E-state index contributed by atoms with van der Waals surface area (Å²) in [7, 11) is 0. The predicted octanol–water partition coefficient (Wildman–Crippen LogP) is 4.08. The van der Waals surface area contributed by atoms with Gasteiger partial charge in [0.25, 0.3) is 0 Å². The number of fused-ring (bicyclic) bond motifs is 1. The van der Waals surface area contributed by atoms with Crippen LogP contribution < -0.4 is 5.32 Å². The van der Waals surface area contributed by atoms with Crippen molar-refractivity contribution < 1.29 is 0 Å². The molecular formula is C17H31N. The van der Waals surface area contributed by atoms with Gasteiger partial charge in [-0.3, -0.25) is 0 Å². The van der Waals surface area contributed by atoms with Crippen molar-refractivity contribution >= 4 is 0 Å². The molecule has 0 saturated heterocycles. The number of rotatable bonds is 4. The first kappa shape index (κ1) is 13.0. The Bertz CT molecular complexity index is 277. The molecule has 0 spiro atoms. The molecule has 0 aromatic heterocycles. The van der Waals surface area contributed by atoms with E-state index < -0.39 is 0 Å². The number of hydrogen-bond acceptors (Lipinski definition) is 1. The lowest BCUT2D eigenvalue weighted by molar-refractivity contribution is 0.154. The monoisotopic (exact) mass is 249 g/mol. The lowest BCUT2D eigenvalue weighted by Crippen LogP contribution is -2.42. The lowest BCUT2D eigenvalue weighted by Gasteiger charge is -2.38. The summed E-state index contributed by atoms with van der Waals surface area (Å²) in [4.78, 5) is 0. The van der Waals surface area contributed by atoms with Crippen molar-refractivity contribution in [1.82, 2.24) is 5.32 Å². The van der Waals surface area contributed by atoms with Crippen LogP contribution in [-0.2, 0) is 0 Å². The fourth-order valence-electron chi connectivity index (χ4n) is 5.18. The smallest absolute Gasteiger partial charge is 0.0129 e. The Balaban J connectivity index is 1.63. The summed E-state index contributed by atoms with van der Waals surface area (Å²) in [5.41, 5.74) is 0. The first-order chi connectivity index (χ1) is 8.72. The van der Waals surface area contributed by atoms with Gasteiger partial charge in [-0.1, -0.05) is 33.6 Å². The van der Waals surface area contributed by atoms with Crippen molar-refractivity contribution in [3.8, 4) is 0 Å². The third kappa shape index (κ3) is 2.24. The van der Waals surface area contributed by atoms with Crippen LogP contribution >= 0.6 is 0 Å². The van der Waals surface area contributed by atoms with Crippen LogP contribution in [0, 0.1) is 35.5 Å². The van der Waals surface area contributed by atoms with Gasteiger partial charge >= 0.3 is 0 Å². The third-order valence-electron chi connectivity index (χ3n) is 6.47. The van der Waals surface area contributed by atoms with E-state index in [0.717, 1.165) is 41.5 Å². The second kappa shape index (κ2) is 5.15. The Morgan fingerprint density at radius 2 is 1.72 bits per heavy atom. The van der Waals surface area contributed by atoms with E-state index in [1.807, 2.05) is 0 Å². The van der Waals surface area contributed by atoms with Gasteiger partial charge in [0.15, 0.2) is 0 Å². The Morgan fingerprint density at radius 3 is 2.33 bits per heavy atom. The molecule has 3 aliphatic carbocycles. The highest BCUT2D eigenvalue weighted by molar-refractivity contribution is 5.08. The van der Waals surface area contributed by atoms with E-state index in [9.17, 15) is 0 Å². The zero-order chi connectivity index (χ0) is 12.7. The Labute approximate surface area is 113 Å². The van der Waals surface area contributed by atoms with Gasteiger partial charge in [0.1, 0.15) is 0 Å². The zero-order valence-electron chi connectivity index (χ0n) is 12.5. The van der Waals surface area contributed by atoms with Gasteiger partial charge in [-0.2, -0.15) is 0 Å². The van der Waals surface area contributed by atoms with Gasteiger partial charge in [-0.05, 0) is 67.7 Å². The van der Waals surface area contributed by atoms with Crippen LogP contribution in [0.15, 0.2) is 0 Å². The molecule has 3 aliphatic rings. The van der Waals surface area contributed by atoms with Crippen molar-refractivity contribution in [2.24, 2.45) is 35.5 Å². The highest BCUT2D eigenvalue weighted by Gasteiger charge is 2.57. The molecule has 104 valence electrons. The quantitative estimate of drug-likeness (QED) is 0.791. The van der Waals surface area contributed by atoms with E-state index in [1.165, 1.54) is 45.1 Å². The maximum atomic E-state index is 3.88.